The van der Waals surface area contributed by atoms with Crippen LogP contribution in [0.2, 0.25) is 0 Å². The highest BCUT2D eigenvalue weighted by Gasteiger charge is 2.23. The average molecular weight is 160 g/mol. The number of hydrogen-bond acceptors (Lipinski definition) is 0. The highest BCUT2D eigenvalue weighted by Crippen LogP contribution is 2.20. The summed E-state index contributed by atoms with van der Waals surface area (Å²) in [6, 6.07) is 0. The van der Waals surface area contributed by atoms with E-state index in [1.165, 1.54) is 5.92 Å². The molecule has 2 heteroatoms. The Labute approximate surface area is 67.0 Å². The molecule has 0 aromatic rings. The predicted octanol–water partition coefficient (Wildman–Crippen LogP) is 3.23. The lowest BCUT2D eigenvalue weighted by atomic mass is 10.1. The molecule has 0 unspecified atom stereocenters. The van der Waals surface area contributed by atoms with Gasteiger partial charge in [-0.05, 0) is 12.3 Å². The van der Waals surface area contributed by atoms with Crippen LogP contribution >= 0.6 is 0 Å². The topological polar surface area (TPSA) is 0 Å². The molecule has 0 fully saturated rings. The second kappa shape index (κ2) is 5.12. The van der Waals surface area contributed by atoms with E-state index in [4.69, 9.17) is 0 Å². The summed E-state index contributed by atoms with van der Waals surface area (Å²) in [7, 11) is 0. The maximum Gasteiger partial charge on any atom is 0.307 e. The van der Waals surface area contributed by atoms with Crippen molar-refractivity contribution in [3.05, 3.63) is 0 Å². The Morgan fingerprint density at radius 3 is 2.36 bits per heavy atom. The van der Waals surface area contributed by atoms with E-state index in [-0.39, 0.29) is 6.42 Å². The molecule has 0 heterocycles. The second-order valence-electron chi connectivity index (χ2n) is 2.66. The van der Waals surface area contributed by atoms with Crippen LogP contribution in [0.3, 0.4) is 0 Å². The zero-order valence-electron chi connectivity index (χ0n) is 6.87. The maximum absolute atomic E-state index is 12.3. The maximum atomic E-state index is 12.3. The van der Waals surface area contributed by atoms with Crippen molar-refractivity contribution >= 4 is 0 Å². The minimum atomic E-state index is -2.88. The van der Waals surface area contributed by atoms with Crippen molar-refractivity contribution in [2.45, 2.75) is 45.0 Å². The first-order valence-electron chi connectivity index (χ1n) is 3.98. The van der Waals surface area contributed by atoms with E-state index in [2.05, 4.69) is 6.42 Å². The number of halogens is 2. The minimum absolute atomic E-state index is 0.163. The van der Waals surface area contributed by atoms with E-state index in [0.29, 0.717) is 6.42 Å². The van der Waals surface area contributed by atoms with Crippen LogP contribution in [0.5, 0.6) is 0 Å². The van der Waals surface area contributed by atoms with Crippen molar-refractivity contribution in [1.82, 2.24) is 0 Å². The molecule has 0 aromatic carbocycles. The van der Waals surface area contributed by atoms with Crippen LogP contribution in [0.15, 0.2) is 0 Å². The molecule has 0 radical (unpaired) electrons. The molecule has 0 saturated carbocycles. The lowest BCUT2D eigenvalue weighted by Gasteiger charge is -2.07. The molecular weight excluding hydrogens is 146 g/mol. The quantitative estimate of drug-likeness (QED) is 0.428. The SMILES string of the molecule is C#CC(F)(F)CCCCCC. The predicted molar refractivity (Wildman–Crippen MR) is 42.5 cm³/mol. The molecule has 0 N–H and O–H groups in total. The van der Waals surface area contributed by atoms with Crippen molar-refractivity contribution in [3.63, 3.8) is 0 Å². The summed E-state index contributed by atoms with van der Waals surface area (Å²) >= 11 is 0. The van der Waals surface area contributed by atoms with Gasteiger partial charge in [-0.2, -0.15) is 8.78 Å². The molecule has 0 saturated heterocycles. The van der Waals surface area contributed by atoms with Crippen LogP contribution in [-0.2, 0) is 0 Å². The molecule has 0 amide bonds. The monoisotopic (exact) mass is 160 g/mol. The van der Waals surface area contributed by atoms with E-state index in [1.807, 2.05) is 6.92 Å². The van der Waals surface area contributed by atoms with Gasteiger partial charge in [-0.3, -0.25) is 0 Å². The van der Waals surface area contributed by atoms with Gasteiger partial charge in [0.05, 0.1) is 0 Å². The number of alkyl halides is 2. The van der Waals surface area contributed by atoms with Gasteiger partial charge in [0.25, 0.3) is 0 Å². The Morgan fingerprint density at radius 1 is 1.27 bits per heavy atom. The smallest absolute Gasteiger partial charge is 0.192 e. The van der Waals surface area contributed by atoms with Crippen LogP contribution in [0.4, 0.5) is 8.78 Å². The number of terminal acetylenes is 1. The summed E-state index contributed by atoms with van der Waals surface area (Å²) in [5.74, 6) is -1.40. The molecule has 0 aliphatic heterocycles. The van der Waals surface area contributed by atoms with Crippen LogP contribution < -0.4 is 0 Å². The van der Waals surface area contributed by atoms with Crippen LogP contribution in [0.25, 0.3) is 0 Å². The second-order valence-corrected chi connectivity index (χ2v) is 2.66. The third-order valence-corrected chi connectivity index (χ3v) is 1.56. The Kier molecular flexibility index (Phi) is 4.85. The van der Waals surface area contributed by atoms with Crippen LogP contribution in [0, 0.1) is 12.3 Å². The Bertz CT molecular complexity index is 133. The fourth-order valence-corrected chi connectivity index (χ4v) is 0.846. The molecule has 11 heavy (non-hydrogen) atoms. The zero-order chi connectivity index (χ0) is 8.74. The number of hydrogen-bond donors (Lipinski definition) is 0. The first-order valence-corrected chi connectivity index (χ1v) is 3.98. The Morgan fingerprint density at radius 2 is 1.91 bits per heavy atom. The van der Waals surface area contributed by atoms with Crippen molar-refractivity contribution in [2.75, 3.05) is 0 Å². The van der Waals surface area contributed by atoms with E-state index < -0.39 is 5.92 Å². The molecule has 0 aromatic heterocycles. The van der Waals surface area contributed by atoms with Gasteiger partial charge in [-0.1, -0.05) is 26.2 Å². The first kappa shape index (κ1) is 10.4. The highest BCUT2D eigenvalue weighted by molar-refractivity contribution is 5.00. The zero-order valence-corrected chi connectivity index (χ0v) is 6.87. The molecule has 0 aliphatic carbocycles. The first-order chi connectivity index (χ1) is 5.12. The Balaban J connectivity index is 3.32. The van der Waals surface area contributed by atoms with Gasteiger partial charge in [0.15, 0.2) is 0 Å². The van der Waals surface area contributed by atoms with Gasteiger partial charge < -0.3 is 0 Å². The number of unbranched alkanes of at least 4 members (excludes halogenated alkanes) is 3. The van der Waals surface area contributed by atoms with Crippen molar-refractivity contribution < 1.29 is 8.78 Å². The summed E-state index contributed by atoms with van der Waals surface area (Å²) in [6.45, 7) is 2.04. The van der Waals surface area contributed by atoms with Crippen molar-refractivity contribution in [3.8, 4) is 12.3 Å². The lowest BCUT2D eigenvalue weighted by molar-refractivity contribution is 0.0539. The van der Waals surface area contributed by atoms with Gasteiger partial charge in [0.1, 0.15) is 0 Å². The van der Waals surface area contributed by atoms with Gasteiger partial charge in [-0.25, -0.2) is 0 Å². The summed E-state index contributed by atoms with van der Waals surface area (Å²) in [5.41, 5.74) is 0. The third kappa shape index (κ3) is 5.84. The summed E-state index contributed by atoms with van der Waals surface area (Å²) < 4.78 is 24.7. The summed E-state index contributed by atoms with van der Waals surface area (Å²) in [6.07, 6.45) is 7.92. The summed E-state index contributed by atoms with van der Waals surface area (Å²) in [4.78, 5) is 0. The molecule has 0 atom stereocenters. The Hall–Kier alpha value is -0.580. The molecule has 0 rings (SSSR count). The van der Waals surface area contributed by atoms with Crippen molar-refractivity contribution in [2.24, 2.45) is 0 Å². The van der Waals surface area contributed by atoms with Gasteiger partial charge in [-0.15, -0.1) is 6.42 Å². The normalized spacial score (nSPS) is 11.1. The van der Waals surface area contributed by atoms with Gasteiger partial charge in [0.2, 0.25) is 0 Å². The molecule has 0 bridgehead atoms. The standard InChI is InChI=1S/C9H14F2/c1-3-5-6-7-8-9(10,11)4-2/h2H,3,5-8H2,1H3. The van der Waals surface area contributed by atoms with Crippen LogP contribution in [-0.4, -0.2) is 5.92 Å². The molecule has 64 valence electrons. The van der Waals surface area contributed by atoms with Crippen molar-refractivity contribution in [1.29, 1.82) is 0 Å². The number of rotatable bonds is 5. The third-order valence-electron chi connectivity index (χ3n) is 1.56. The van der Waals surface area contributed by atoms with E-state index in [1.54, 1.807) is 0 Å². The molecular formula is C9H14F2. The minimum Gasteiger partial charge on any atom is -0.192 e. The van der Waals surface area contributed by atoms with Gasteiger partial charge >= 0.3 is 5.92 Å². The van der Waals surface area contributed by atoms with E-state index >= 15 is 0 Å². The summed E-state index contributed by atoms with van der Waals surface area (Å²) in [5, 5.41) is 0. The molecule has 0 aliphatic rings. The highest BCUT2D eigenvalue weighted by atomic mass is 19.3. The molecule has 0 nitrogen and oxygen atoms in total. The molecule has 0 spiro atoms. The van der Waals surface area contributed by atoms with Crippen LogP contribution in [0.1, 0.15) is 39.0 Å². The van der Waals surface area contributed by atoms with E-state index in [9.17, 15) is 8.78 Å². The average Bonchev–Trinajstić information content (AvgIpc) is 1.99. The fourth-order valence-electron chi connectivity index (χ4n) is 0.846. The van der Waals surface area contributed by atoms with Gasteiger partial charge in [0, 0.05) is 6.42 Å². The lowest BCUT2D eigenvalue weighted by Crippen LogP contribution is -2.11. The largest absolute Gasteiger partial charge is 0.307 e. The van der Waals surface area contributed by atoms with E-state index in [0.717, 1.165) is 19.3 Å². The fraction of sp³-hybridized carbons (Fsp3) is 0.778.